The van der Waals surface area contributed by atoms with E-state index in [9.17, 15) is 4.79 Å². The summed E-state index contributed by atoms with van der Waals surface area (Å²) in [6.45, 7) is 1.68. The highest BCUT2D eigenvalue weighted by Crippen LogP contribution is 2.27. The largest absolute Gasteiger partial charge is 0.323 e. The highest BCUT2D eigenvalue weighted by atomic mass is 79.9. The van der Waals surface area contributed by atoms with Gasteiger partial charge in [-0.2, -0.15) is 0 Å². The zero-order chi connectivity index (χ0) is 14.8. The lowest BCUT2D eigenvalue weighted by atomic mass is 9.92. The maximum atomic E-state index is 12.4. The maximum absolute atomic E-state index is 12.4. The van der Waals surface area contributed by atoms with E-state index < -0.39 is 5.54 Å². The number of carbonyl (C=O) groups is 1. The molecule has 1 amide bonds. The van der Waals surface area contributed by atoms with Gasteiger partial charge in [0.1, 0.15) is 5.54 Å². The van der Waals surface area contributed by atoms with Crippen LogP contribution in [0.1, 0.15) is 12.5 Å². The van der Waals surface area contributed by atoms with Crippen molar-refractivity contribution >= 4 is 39.1 Å². The van der Waals surface area contributed by atoms with E-state index in [1.54, 1.807) is 25.1 Å². The molecule has 5 heteroatoms. The third-order valence-corrected chi connectivity index (χ3v) is 3.92. The van der Waals surface area contributed by atoms with Gasteiger partial charge in [0.25, 0.3) is 0 Å². The normalized spacial score (nSPS) is 13.6. The number of benzene rings is 2. The van der Waals surface area contributed by atoms with Gasteiger partial charge in [-0.05, 0) is 46.6 Å². The number of halogens is 2. The van der Waals surface area contributed by atoms with Gasteiger partial charge >= 0.3 is 0 Å². The van der Waals surface area contributed by atoms with Crippen LogP contribution in [0.25, 0.3) is 0 Å². The molecule has 0 bridgehead atoms. The number of hydrogen-bond acceptors (Lipinski definition) is 2. The van der Waals surface area contributed by atoms with E-state index >= 15 is 0 Å². The smallest absolute Gasteiger partial charge is 0.248 e. The molecular weight excluding hydrogens is 340 g/mol. The fourth-order valence-corrected chi connectivity index (χ4v) is 2.54. The van der Waals surface area contributed by atoms with Crippen molar-refractivity contribution in [3.63, 3.8) is 0 Å². The van der Waals surface area contributed by atoms with Crippen LogP contribution < -0.4 is 11.1 Å². The number of carbonyl (C=O) groups excluding carboxylic acids is 1. The molecular formula is C15H14BrClN2O. The fourth-order valence-electron chi connectivity index (χ4n) is 1.76. The van der Waals surface area contributed by atoms with Crippen LogP contribution in [0.2, 0.25) is 5.02 Å². The third kappa shape index (κ3) is 3.20. The van der Waals surface area contributed by atoms with E-state index in [2.05, 4.69) is 21.2 Å². The van der Waals surface area contributed by atoms with Crippen molar-refractivity contribution in [2.24, 2.45) is 5.73 Å². The Morgan fingerprint density at radius 2 is 1.90 bits per heavy atom. The zero-order valence-electron chi connectivity index (χ0n) is 10.9. The molecule has 3 nitrogen and oxygen atoms in total. The summed E-state index contributed by atoms with van der Waals surface area (Å²) in [5.74, 6) is -0.285. The van der Waals surface area contributed by atoms with E-state index in [4.69, 9.17) is 17.3 Å². The second-order valence-electron chi connectivity index (χ2n) is 4.65. The Balaban J connectivity index is 2.23. The first-order valence-corrected chi connectivity index (χ1v) is 7.19. The van der Waals surface area contributed by atoms with Gasteiger partial charge in [-0.3, -0.25) is 4.79 Å². The summed E-state index contributed by atoms with van der Waals surface area (Å²) in [4.78, 5) is 12.4. The molecule has 1 unspecified atom stereocenters. The highest BCUT2D eigenvalue weighted by Gasteiger charge is 2.30. The predicted molar refractivity (Wildman–Crippen MR) is 85.8 cm³/mol. The van der Waals surface area contributed by atoms with Crippen LogP contribution >= 0.6 is 27.5 Å². The van der Waals surface area contributed by atoms with Crippen molar-refractivity contribution < 1.29 is 4.79 Å². The first-order valence-electron chi connectivity index (χ1n) is 6.02. The van der Waals surface area contributed by atoms with Gasteiger partial charge in [0.15, 0.2) is 0 Å². The van der Waals surface area contributed by atoms with E-state index in [0.29, 0.717) is 15.2 Å². The number of nitrogens with one attached hydrogen (secondary N) is 1. The number of hydrogen-bond donors (Lipinski definition) is 2. The molecule has 0 saturated heterocycles. The average molecular weight is 354 g/mol. The minimum atomic E-state index is -1.11. The summed E-state index contributed by atoms with van der Waals surface area (Å²) in [5, 5.41) is 3.40. The maximum Gasteiger partial charge on any atom is 0.248 e. The number of rotatable bonds is 3. The fraction of sp³-hybridized carbons (Fsp3) is 0.133. The Labute approximate surface area is 131 Å². The lowest BCUT2D eigenvalue weighted by Gasteiger charge is -2.24. The second kappa shape index (κ2) is 5.95. The quantitative estimate of drug-likeness (QED) is 0.879. The summed E-state index contributed by atoms with van der Waals surface area (Å²) in [5.41, 5.74) is 6.43. The van der Waals surface area contributed by atoms with E-state index in [0.717, 1.165) is 5.56 Å². The van der Waals surface area contributed by atoms with Crippen LogP contribution in [-0.2, 0) is 10.3 Å². The van der Waals surface area contributed by atoms with Gasteiger partial charge in [-0.15, -0.1) is 0 Å². The van der Waals surface area contributed by atoms with Crippen LogP contribution in [0.4, 0.5) is 5.69 Å². The van der Waals surface area contributed by atoms with Gasteiger partial charge < -0.3 is 11.1 Å². The summed E-state index contributed by atoms with van der Waals surface area (Å²) < 4.78 is 0.710. The Hall–Kier alpha value is -1.36. The topological polar surface area (TPSA) is 55.1 Å². The lowest BCUT2D eigenvalue weighted by molar-refractivity contribution is -0.120. The van der Waals surface area contributed by atoms with Crippen molar-refractivity contribution in [1.29, 1.82) is 0 Å². The molecule has 20 heavy (non-hydrogen) atoms. The molecule has 0 heterocycles. The predicted octanol–water partition coefficient (Wildman–Crippen LogP) is 3.92. The Bertz CT molecular complexity index is 629. The van der Waals surface area contributed by atoms with Crippen molar-refractivity contribution in [1.82, 2.24) is 0 Å². The van der Waals surface area contributed by atoms with Crippen molar-refractivity contribution in [3.05, 3.63) is 63.6 Å². The number of amides is 1. The molecule has 1 atom stereocenters. The summed E-state index contributed by atoms with van der Waals surface area (Å²) in [7, 11) is 0. The highest BCUT2D eigenvalue weighted by molar-refractivity contribution is 9.10. The molecule has 0 aliphatic carbocycles. The van der Waals surface area contributed by atoms with Gasteiger partial charge in [0, 0.05) is 9.50 Å². The monoisotopic (exact) mass is 352 g/mol. The zero-order valence-corrected chi connectivity index (χ0v) is 13.2. The molecule has 0 saturated carbocycles. The third-order valence-electron chi connectivity index (χ3n) is 3.02. The molecule has 2 aromatic rings. The first kappa shape index (κ1) is 15.0. The molecule has 0 fully saturated rings. The van der Waals surface area contributed by atoms with Crippen molar-refractivity contribution in [3.8, 4) is 0 Å². The Morgan fingerprint density at radius 3 is 2.50 bits per heavy atom. The summed E-state index contributed by atoms with van der Waals surface area (Å²) in [6.07, 6.45) is 0. The lowest BCUT2D eigenvalue weighted by Crippen LogP contribution is -2.45. The van der Waals surface area contributed by atoms with Crippen molar-refractivity contribution in [2.45, 2.75) is 12.5 Å². The Morgan fingerprint density at radius 1 is 1.25 bits per heavy atom. The standard InChI is InChI=1S/C15H14BrClN2O/c1-15(18,10-5-3-2-4-6-10)14(20)19-13-8-7-11(17)9-12(13)16/h2-9H,18H2,1H3,(H,19,20). The summed E-state index contributed by atoms with van der Waals surface area (Å²) in [6, 6.07) is 14.4. The SMILES string of the molecule is CC(N)(C(=O)Nc1ccc(Cl)cc1Br)c1ccccc1. The Kier molecular flexibility index (Phi) is 4.48. The van der Waals surface area contributed by atoms with E-state index in [-0.39, 0.29) is 5.91 Å². The molecule has 2 aromatic carbocycles. The van der Waals surface area contributed by atoms with Crippen LogP contribution in [-0.4, -0.2) is 5.91 Å². The molecule has 104 valence electrons. The molecule has 0 radical (unpaired) electrons. The van der Waals surface area contributed by atoms with E-state index in [1.165, 1.54) is 0 Å². The van der Waals surface area contributed by atoms with Gasteiger partial charge in [0.05, 0.1) is 5.69 Å². The van der Waals surface area contributed by atoms with Crippen LogP contribution in [0.15, 0.2) is 53.0 Å². The number of anilines is 1. The minimum absolute atomic E-state index is 0.285. The van der Waals surface area contributed by atoms with Crippen molar-refractivity contribution in [2.75, 3.05) is 5.32 Å². The molecule has 2 rings (SSSR count). The molecule has 0 aliphatic heterocycles. The second-order valence-corrected chi connectivity index (χ2v) is 5.94. The molecule has 0 aromatic heterocycles. The first-order chi connectivity index (χ1) is 9.41. The number of nitrogens with two attached hydrogens (primary N) is 1. The van der Waals surface area contributed by atoms with Crippen LogP contribution in [0, 0.1) is 0 Å². The van der Waals surface area contributed by atoms with Gasteiger partial charge in [-0.25, -0.2) is 0 Å². The molecule has 3 N–H and O–H groups in total. The van der Waals surface area contributed by atoms with E-state index in [1.807, 2.05) is 30.3 Å². The van der Waals surface area contributed by atoms with Crippen LogP contribution in [0.3, 0.4) is 0 Å². The molecule has 0 aliphatic rings. The van der Waals surface area contributed by atoms with Crippen LogP contribution in [0.5, 0.6) is 0 Å². The minimum Gasteiger partial charge on any atom is -0.323 e. The molecule has 0 spiro atoms. The van der Waals surface area contributed by atoms with Gasteiger partial charge in [0.2, 0.25) is 5.91 Å². The van der Waals surface area contributed by atoms with Gasteiger partial charge in [-0.1, -0.05) is 41.9 Å². The average Bonchev–Trinajstić information content (AvgIpc) is 2.42. The summed E-state index contributed by atoms with van der Waals surface area (Å²) >= 11 is 9.23.